The summed E-state index contributed by atoms with van der Waals surface area (Å²) in [5, 5.41) is 14.9. The number of tetrazole rings is 1. The lowest BCUT2D eigenvalue weighted by atomic mass is 10.3. The van der Waals surface area contributed by atoms with Gasteiger partial charge in [-0.1, -0.05) is 18.7 Å². The Kier molecular flexibility index (Phi) is 5.56. The number of benzene rings is 1. The Morgan fingerprint density at radius 2 is 2.14 bits per heavy atom. The first kappa shape index (κ1) is 15.3. The molecule has 112 valence electrons. The Morgan fingerprint density at radius 3 is 2.81 bits per heavy atom. The molecule has 1 N–H and O–H groups in total. The van der Waals surface area contributed by atoms with Crippen molar-refractivity contribution in [3.63, 3.8) is 0 Å². The summed E-state index contributed by atoms with van der Waals surface area (Å²) in [7, 11) is 1.60. The fourth-order valence-electron chi connectivity index (χ4n) is 1.65. The molecule has 0 aliphatic heterocycles. The highest BCUT2D eigenvalue weighted by Crippen LogP contribution is 2.17. The third-order valence-electron chi connectivity index (χ3n) is 2.64. The second kappa shape index (κ2) is 7.63. The molecule has 0 spiro atoms. The van der Waals surface area contributed by atoms with Crippen LogP contribution in [-0.4, -0.2) is 39.0 Å². The van der Waals surface area contributed by atoms with Gasteiger partial charge in [-0.25, -0.2) is 4.68 Å². The summed E-state index contributed by atoms with van der Waals surface area (Å²) in [6.45, 7) is 2.79. The van der Waals surface area contributed by atoms with Crippen molar-refractivity contribution in [2.75, 3.05) is 18.2 Å². The van der Waals surface area contributed by atoms with Crippen LogP contribution in [-0.2, 0) is 11.3 Å². The zero-order valence-electron chi connectivity index (χ0n) is 11.9. The Labute approximate surface area is 127 Å². The minimum absolute atomic E-state index is 0.101. The predicted octanol–water partition coefficient (Wildman–Crippen LogP) is 1.82. The van der Waals surface area contributed by atoms with Gasteiger partial charge in [-0.2, -0.15) is 0 Å². The first-order valence-corrected chi connectivity index (χ1v) is 7.54. The third-order valence-corrected chi connectivity index (χ3v) is 3.60. The highest BCUT2D eigenvalue weighted by molar-refractivity contribution is 7.99. The molecular weight excluding hydrogens is 290 g/mol. The van der Waals surface area contributed by atoms with Crippen LogP contribution < -0.4 is 10.1 Å². The smallest absolute Gasteiger partial charge is 0.234 e. The number of hydrogen-bond donors (Lipinski definition) is 1. The molecule has 2 rings (SSSR count). The number of thioether (sulfide) groups is 1. The Bertz CT molecular complexity index is 585. The van der Waals surface area contributed by atoms with Crippen LogP contribution in [0.25, 0.3) is 0 Å². The van der Waals surface area contributed by atoms with Gasteiger partial charge in [0.1, 0.15) is 5.75 Å². The summed E-state index contributed by atoms with van der Waals surface area (Å²) in [4.78, 5) is 11.9. The summed E-state index contributed by atoms with van der Waals surface area (Å²) in [5.74, 6) is 0.910. The molecule has 0 radical (unpaired) electrons. The van der Waals surface area contributed by atoms with Crippen LogP contribution in [0, 0.1) is 0 Å². The molecule has 0 saturated heterocycles. The lowest BCUT2D eigenvalue weighted by Gasteiger charge is -2.06. The maximum atomic E-state index is 11.9. The minimum atomic E-state index is -0.101. The lowest BCUT2D eigenvalue weighted by Crippen LogP contribution is -2.14. The summed E-state index contributed by atoms with van der Waals surface area (Å²) in [6.07, 6.45) is 0.941. The number of carbonyl (C=O) groups is 1. The van der Waals surface area contributed by atoms with E-state index in [1.165, 1.54) is 11.8 Å². The van der Waals surface area contributed by atoms with E-state index < -0.39 is 0 Å². The van der Waals surface area contributed by atoms with Crippen molar-refractivity contribution in [1.82, 2.24) is 20.2 Å². The number of aromatic nitrogens is 4. The summed E-state index contributed by atoms with van der Waals surface area (Å²) in [6, 6.07) is 7.18. The predicted molar refractivity (Wildman–Crippen MR) is 80.5 cm³/mol. The van der Waals surface area contributed by atoms with E-state index in [9.17, 15) is 4.79 Å². The molecule has 0 bridgehead atoms. The molecule has 21 heavy (non-hydrogen) atoms. The molecule has 1 amide bonds. The topological polar surface area (TPSA) is 81.9 Å². The van der Waals surface area contributed by atoms with Gasteiger partial charge in [0.25, 0.3) is 0 Å². The number of nitrogens with zero attached hydrogens (tertiary/aromatic N) is 4. The fourth-order valence-corrected chi connectivity index (χ4v) is 2.36. The maximum Gasteiger partial charge on any atom is 0.234 e. The second-order valence-corrected chi connectivity index (χ2v) is 5.19. The van der Waals surface area contributed by atoms with E-state index in [0.29, 0.717) is 5.16 Å². The molecule has 2 aromatic rings. The van der Waals surface area contributed by atoms with Gasteiger partial charge >= 0.3 is 0 Å². The average Bonchev–Trinajstić information content (AvgIpc) is 2.94. The molecule has 0 unspecified atom stereocenters. The summed E-state index contributed by atoms with van der Waals surface area (Å²) >= 11 is 1.32. The number of nitrogens with one attached hydrogen (secondary N) is 1. The van der Waals surface area contributed by atoms with E-state index in [1.807, 2.05) is 6.92 Å². The molecule has 0 atom stereocenters. The van der Waals surface area contributed by atoms with Crippen molar-refractivity contribution in [2.24, 2.45) is 0 Å². The molecule has 7 nitrogen and oxygen atoms in total. The number of anilines is 1. The molecule has 0 saturated carbocycles. The molecule has 0 aliphatic rings. The van der Waals surface area contributed by atoms with Crippen molar-refractivity contribution >= 4 is 23.4 Å². The quantitative estimate of drug-likeness (QED) is 0.786. The number of methoxy groups -OCH3 is 1. The SMILES string of the molecule is CCCn1nnnc1SCC(=O)Nc1ccc(OC)cc1. The standard InChI is InChI=1S/C13H17N5O2S/c1-3-8-18-13(15-16-17-18)21-9-12(19)14-10-4-6-11(20-2)7-5-10/h4-7H,3,8-9H2,1-2H3,(H,14,19). The fraction of sp³-hybridized carbons (Fsp3) is 0.385. The number of rotatable bonds is 7. The van der Waals surface area contributed by atoms with Crippen LogP contribution in [0.5, 0.6) is 5.75 Å². The third kappa shape index (κ3) is 4.45. The molecule has 1 aromatic carbocycles. The highest BCUT2D eigenvalue weighted by Gasteiger charge is 2.09. The van der Waals surface area contributed by atoms with E-state index in [2.05, 4.69) is 20.8 Å². The number of amides is 1. The van der Waals surface area contributed by atoms with Gasteiger partial charge in [-0.3, -0.25) is 4.79 Å². The Hall–Kier alpha value is -2.09. The van der Waals surface area contributed by atoms with Crippen molar-refractivity contribution in [2.45, 2.75) is 25.0 Å². The van der Waals surface area contributed by atoms with E-state index in [-0.39, 0.29) is 11.7 Å². The van der Waals surface area contributed by atoms with Gasteiger partial charge in [0.15, 0.2) is 0 Å². The molecule has 1 aromatic heterocycles. The van der Waals surface area contributed by atoms with Crippen molar-refractivity contribution in [3.05, 3.63) is 24.3 Å². The first-order valence-electron chi connectivity index (χ1n) is 6.55. The molecule has 1 heterocycles. The normalized spacial score (nSPS) is 10.4. The molecule has 0 aliphatic carbocycles. The average molecular weight is 307 g/mol. The maximum absolute atomic E-state index is 11.9. The Morgan fingerprint density at radius 1 is 1.38 bits per heavy atom. The highest BCUT2D eigenvalue weighted by atomic mass is 32.2. The van der Waals surface area contributed by atoms with Gasteiger partial charge in [0, 0.05) is 12.2 Å². The zero-order chi connectivity index (χ0) is 15.1. The number of hydrogen-bond acceptors (Lipinski definition) is 6. The largest absolute Gasteiger partial charge is 0.497 e. The number of aryl methyl sites for hydroxylation is 1. The van der Waals surface area contributed by atoms with Gasteiger partial charge in [0.05, 0.1) is 12.9 Å². The number of carbonyl (C=O) groups excluding carboxylic acids is 1. The molecular formula is C13H17N5O2S. The first-order chi connectivity index (χ1) is 10.2. The monoisotopic (exact) mass is 307 g/mol. The van der Waals surface area contributed by atoms with Crippen LogP contribution in [0.2, 0.25) is 0 Å². The van der Waals surface area contributed by atoms with Crippen LogP contribution in [0.1, 0.15) is 13.3 Å². The van der Waals surface area contributed by atoms with E-state index in [4.69, 9.17) is 4.74 Å². The molecule has 8 heteroatoms. The zero-order valence-corrected chi connectivity index (χ0v) is 12.8. The van der Waals surface area contributed by atoms with Crippen LogP contribution in [0.3, 0.4) is 0 Å². The second-order valence-electron chi connectivity index (χ2n) is 4.25. The van der Waals surface area contributed by atoms with Gasteiger partial charge in [-0.15, -0.1) is 5.10 Å². The van der Waals surface area contributed by atoms with E-state index >= 15 is 0 Å². The lowest BCUT2D eigenvalue weighted by molar-refractivity contribution is -0.113. The van der Waals surface area contributed by atoms with E-state index in [1.54, 1.807) is 36.1 Å². The molecule has 0 fully saturated rings. The van der Waals surface area contributed by atoms with E-state index in [0.717, 1.165) is 24.4 Å². The Balaban J connectivity index is 1.85. The van der Waals surface area contributed by atoms with Crippen molar-refractivity contribution in [1.29, 1.82) is 0 Å². The minimum Gasteiger partial charge on any atom is -0.497 e. The number of ether oxygens (including phenoxy) is 1. The van der Waals surface area contributed by atoms with Crippen LogP contribution in [0.4, 0.5) is 5.69 Å². The van der Waals surface area contributed by atoms with Crippen molar-refractivity contribution < 1.29 is 9.53 Å². The van der Waals surface area contributed by atoms with Crippen molar-refractivity contribution in [3.8, 4) is 5.75 Å². The van der Waals surface area contributed by atoms with Crippen LogP contribution >= 0.6 is 11.8 Å². The van der Waals surface area contributed by atoms with Gasteiger partial charge in [0.2, 0.25) is 11.1 Å². The summed E-state index contributed by atoms with van der Waals surface area (Å²) < 4.78 is 6.76. The van der Waals surface area contributed by atoms with Gasteiger partial charge in [-0.05, 0) is 41.1 Å². The van der Waals surface area contributed by atoms with Crippen LogP contribution in [0.15, 0.2) is 29.4 Å². The van der Waals surface area contributed by atoms with Gasteiger partial charge < -0.3 is 10.1 Å². The summed E-state index contributed by atoms with van der Waals surface area (Å²) in [5.41, 5.74) is 0.731.